The fourth-order valence-corrected chi connectivity index (χ4v) is 4.12. The first-order chi connectivity index (χ1) is 16.3. The van der Waals surface area contributed by atoms with E-state index in [4.69, 9.17) is 0 Å². The Morgan fingerprint density at radius 3 is 2.41 bits per heavy atom. The van der Waals surface area contributed by atoms with Crippen LogP contribution in [0, 0.1) is 5.92 Å². The summed E-state index contributed by atoms with van der Waals surface area (Å²) < 4.78 is 42.3. The second kappa shape index (κ2) is 10.1. The van der Waals surface area contributed by atoms with Crippen LogP contribution in [0.4, 0.5) is 18.9 Å². The van der Waals surface area contributed by atoms with E-state index in [0.717, 1.165) is 11.6 Å². The van der Waals surface area contributed by atoms with Crippen LogP contribution >= 0.6 is 0 Å². The number of benzene rings is 2. The van der Waals surface area contributed by atoms with Crippen LogP contribution in [0.15, 0.2) is 67.0 Å². The Kier molecular flexibility index (Phi) is 7.00. The van der Waals surface area contributed by atoms with Gasteiger partial charge in [0.1, 0.15) is 0 Å². The van der Waals surface area contributed by atoms with Gasteiger partial charge < -0.3 is 10.2 Å². The van der Waals surface area contributed by atoms with Gasteiger partial charge in [-0.1, -0.05) is 30.3 Å². The molecule has 178 valence electrons. The molecule has 1 fully saturated rings. The van der Waals surface area contributed by atoms with E-state index in [1.54, 1.807) is 17.2 Å². The van der Waals surface area contributed by atoms with Gasteiger partial charge in [0.15, 0.2) is 0 Å². The number of amides is 2. The molecule has 1 saturated heterocycles. The number of nitrogens with zero attached hydrogens (tertiary/aromatic N) is 3. The van der Waals surface area contributed by atoms with Crippen molar-refractivity contribution in [3.05, 3.63) is 78.1 Å². The molecule has 1 N–H and O–H groups in total. The Bertz CT molecular complexity index is 1120. The van der Waals surface area contributed by atoms with Crippen molar-refractivity contribution in [2.24, 2.45) is 5.92 Å². The van der Waals surface area contributed by atoms with E-state index >= 15 is 0 Å². The van der Waals surface area contributed by atoms with E-state index in [-0.39, 0.29) is 17.3 Å². The number of carbonyl (C=O) groups is 2. The van der Waals surface area contributed by atoms with Gasteiger partial charge in [0.05, 0.1) is 16.9 Å². The van der Waals surface area contributed by atoms with E-state index in [1.807, 2.05) is 30.3 Å². The Morgan fingerprint density at radius 1 is 1.03 bits per heavy atom. The van der Waals surface area contributed by atoms with Crippen LogP contribution in [0.1, 0.15) is 30.4 Å². The molecule has 0 saturated carbocycles. The van der Waals surface area contributed by atoms with Crippen LogP contribution in [-0.2, 0) is 22.2 Å². The van der Waals surface area contributed by atoms with Gasteiger partial charge in [-0.15, -0.1) is 0 Å². The molecule has 3 aromatic rings. The molecule has 1 aliphatic rings. The summed E-state index contributed by atoms with van der Waals surface area (Å²) >= 11 is 0. The van der Waals surface area contributed by atoms with Gasteiger partial charge in [-0.3, -0.25) is 9.59 Å². The predicted molar refractivity (Wildman–Crippen MR) is 121 cm³/mol. The van der Waals surface area contributed by atoms with Crippen molar-refractivity contribution in [2.45, 2.75) is 31.9 Å². The summed E-state index contributed by atoms with van der Waals surface area (Å²) in [5.74, 6) is -0.893. The summed E-state index contributed by atoms with van der Waals surface area (Å²) in [6.07, 6.45) is 0.239. The average Bonchev–Trinajstić information content (AvgIpc) is 3.38. The molecule has 4 rings (SSSR count). The number of rotatable bonds is 6. The highest BCUT2D eigenvalue weighted by molar-refractivity contribution is 5.93. The molecule has 1 aromatic heterocycles. The minimum absolute atomic E-state index is 0.0243. The van der Waals surface area contributed by atoms with Crippen molar-refractivity contribution in [1.29, 1.82) is 0 Å². The molecule has 2 amide bonds. The van der Waals surface area contributed by atoms with Crippen molar-refractivity contribution < 1.29 is 22.8 Å². The maximum absolute atomic E-state index is 13.7. The minimum Gasteiger partial charge on any atom is -0.343 e. The number of aromatic nitrogens is 2. The molecule has 2 heterocycles. The molecule has 0 spiro atoms. The molecule has 2 aromatic carbocycles. The monoisotopic (exact) mass is 470 g/mol. The Morgan fingerprint density at radius 2 is 1.76 bits per heavy atom. The SMILES string of the molecule is O=C(Nc1ccc(-n2cccn2)cc1C(F)(F)F)C1CCN(C(=O)CCc2ccccc2)CC1. The molecule has 6 nitrogen and oxygen atoms in total. The summed E-state index contributed by atoms with van der Waals surface area (Å²) in [7, 11) is 0. The number of nitrogens with one attached hydrogen (secondary N) is 1. The second-order valence-corrected chi connectivity index (χ2v) is 8.31. The summed E-state index contributed by atoms with van der Waals surface area (Å²) in [6, 6.07) is 15.0. The normalized spacial score (nSPS) is 14.7. The van der Waals surface area contributed by atoms with Crippen LogP contribution in [0.25, 0.3) is 5.69 Å². The van der Waals surface area contributed by atoms with Gasteiger partial charge in [0, 0.05) is 37.8 Å². The maximum Gasteiger partial charge on any atom is 0.418 e. The van der Waals surface area contributed by atoms with Gasteiger partial charge in [-0.2, -0.15) is 18.3 Å². The molecule has 0 unspecified atom stereocenters. The van der Waals surface area contributed by atoms with Crippen molar-refractivity contribution in [3.8, 4) is 5.69 Å². The molecule has 0 atom stereocenters. The van der Waals surface area contributed by atoms with Gasteiger partial charge in [-0.25, -0.2) is 4.68 Å². The predicted octanol–water partition coefficient (Wildman–Crippen LogP) is 4.70. The first-order valence-corrected chi connectivity index (χ1v) is 11.1. The minimum atomic E-state index is -4.64. The number of hydrogen-bond acceptors (Lipinski definition) is 3. The third-order valence-corrected chi connectivity index (χ3v) is 6.02. The molecule has 1 aliphatic heterocycles. The van der Waals surface area contributed by atoms with Crippen LogP contribution < -0.4 is 5.32 Å². The van der Waals surface area contributed by atoms with Crippen LogP contribution in [0.5, 0.6) is 0 Å². The number of piperidine rings is 1. The first-order valence-electron chi connectivity index (χ1n) is 11.1. The Labute approximate surface area is 195 Å². The zero-order valence-electron chi connectivity index (χ0n) is 18.5. The van der Waals surface area contributed by atoms with Crippen LogP contribution in [-0.4, -0.2) is 39.6 Å². The summed E-state index contributed by atoms with van der Waals surface area (Å²) in [4.78, 5) is 27.0. The van der Waals surface area contributed by atoms with Crippen molar-refractivity contribution in [3.63, 3.8) is 0 Å². The number of hydrogen-bond donors (Lipinski definition) is 1. The van der Waals surface area contributed by atoms with Crippen molar-refractivity contribution >= 4 is 17.5 Å². The average molecular weight is 470 g/mol. The fraction of sp³-hybridized carbons (Fsp3) is 0.320. The van der Waals surface area contributed by atoms with E-state index in [2.05, 4.69) is 10.4 Å². The highest BCUT2D eigenvalue weighted by Gasteiger charge is 2.35. The van der Waals surface area contributed by atoms with E-state index in [1.165, 1.54) is 23.0 Å². The fourth-order valence-electron chi connectivity index (χ4n) is 4.12. The van der Waals surface area contributed by atoms with E-state index in [0.29, 0.717) is 38.8 Å². The Balaban J connectivity index is 1.35. The Hall–Kier alpha value is -3.62. The number of carbonyl (C=O) groups excluding carboxylic acids is 2. The van der Waals surface area contributed by atoms with Crippen LogP contribution in [0.2, 0.25) is 0 Å². The molecule has 0 aliphatic carbocycles. The highest BCUT2D eigenvalue weighted by Crippen LogP contribution is 2.36. The number of halogens is 3. The lowest BCUT2D eigenvalue weighted by molar-refractivity contribution is -0.137. The third kappa shape index (κ3) is 5.65. The molecule has 0 bridgehead atoms. The smallest absolute Gasteiger partial charge is 0.343 e. The molecule has 9 heteroatoms. The lowest BCUT2D eigenvalue weighted by Crippen LogP contribution is -2.41. The number of aryl methyl sites for hydroxylation is 1. The van der Waals surface area contributed by atoms with Gasteiger partial charge in [-0.05, 0) is 49.1 Å². The summed E-state index contributed by atoms with van der Waals surface area (Å²) in [6.45, 7) is 0.826. The summed E-state index contributed by atoms with van der Waals surface area (Å²) in [5, 5.41) is 6.41. The van der Waals surface area contributed by atoms with Crippen molar-refractivity contribution in [1.82, 2.24) is 14.7 Å². The summed E-state index contributed by atoms with van der Waals surface area (Å²) in [5.41, 5.74) is 0.124. The topological polar surface area (TPSA) is 67.2 Å². The van der Waals surface area contributed by atoms with Crippen LogP contribution in [0.3, 0.4) is 0 Å². The van der Waals surface area contributed by atoms with Gasteiger partial charge in [0.2, 0.25) is 11.8 Å². The molecule has 0 radical (unpaired) electrons. The second-order valence-electron chi connectivity index (χ2n) is 8.31. The standard InChI is InChI=1S/C25H25F3N4O2/c26-25(27,28)21-17-20(32-14-4-13-29-32)8-9-22(21)30-24(34)19-11-15-31(16-12-19)23(33)10-7-18-5-2-1-3-6-18/h1-6,8-9,13-14,17,19H,7,10-12,15-16H2,(H,30,34). The highest BCUT2D eigenvalue weighted by atomic mass is 19.4. The van der Waals surface area contributed by atoms with E-state index in [9.17, 15) is 22.8 Å². The van der Waals surface area contributed by atoms with E-state index < -0.39 is 23.6 Å². The first kappa shape index (κ1) is 23.5. The zero-order chi connectivity index (χ0) is 24.1. The van der Waals surface area contributed by atoms with Crippen molar-refractivity contribution in [2.75, 3.05) is 18.4 Å². The molecular formula is C25H25F3N4O2. The largest absolute Gasteiger partial charge is 0.418 e. The number of alkyl halides is 3. The zero-order valence-corrected chi connectivity index (χ0v) is 18.5. The molecule has 34 heavy (non-hydrogen) atoms. The maximum atomic E-state index is 13.7. The van der Waals surface area contributed by atoms with Gasteiger partial charge >= 0.3 is 6.18 Å². The van der Waals surface area contributed by atoms with Gasteiger partial charge in [0.25, 0.3) is 0 Å². The molecular weight excluding hydrogens is 445 g/mol. The third-order valence-electron chi connectivity index (χ3n) is 6.02. The lowest BCUT2D eigenvalue weighted by atomic mass is 9.95. The lowest BCUT2D eigenvalue weighted by Gasteiger charge is -2.31. The number of anilines is 1. The number of likely N-dealkylation sites (tertiary alicyclic amines) is 1. The quantitative estimate of drug-likeness (QED) is 0.568.